The normalized spacial score (nSPS) is 10.8. The van der Waals surface area contributed by atoms with Crippen molar-refractivity contribution in [2.24, 2.45) is 0 Å². The molecule has 0 aliphatic carbocycles. The maximum Gasteiger partial charge on any atom is 0.323 e. The standard InChI is InChI=1S/C11H10BrNO2/c1-7-3-2-4-9-11(7)8(12)5-13(9)6-10(14)15/h2-5H,6H2,1H3,(H,14,15). The van der Waals surface area contributed by atoms with Gasteiger partial charge in [-0.3, -0.25) is 4.79 Å². The molecule has 2 rings (SSSR count). The Balaban J connectivity index is 2.68. The monoisotopic (exact) mass is 267 g/mol. The van der Waals surface area contributed by atoms with Gasteiger partial charge >= 0.3 is 5.97 Å². The average Bonchev–Trinajstić information content (AvgIpc) is 2.44. The van der Waals surface area contributed by atoms with E-state index in [9.17, 15) is 4.79 Å². The third-order valence-corrected chi connectivity index (χ3v) is 2.98. The van der Waals surface area contributed by atoms with Crippen molar-refractivity contribution in [2.75, 3.05) is 0 Å². The fourth-order valence-corrected chi connectivity index (χ4v) is 2.51. The number of carboxylic acid groups (broad SMARTS) is 1. The predicted octanol–water partition coefficient (Wildman–Crippen LogP) is 2.80. The minimum Gasteiger partial charge on any atom is -0.480 e. The zero-order chi connectivity index (χ0) is 11.0. The van der Waals surface area contributed by atoms with Gasteiger partial charge in [-0.2, -0.15) is 0 Å². The zero-order valence-corrected chi connectivity index (χ0v) is 9.78. The van der Waals surface area contributed by atoms with Crippen LogP contribution in [0.15, 0.2) is 28.9 Å². The quantitative estimate of drug-likeness (QED) is 0.909. The van der Waals surface area contributed by atoms with Crippen molar-refractivity contribution in [1.29, 1.82) is 0 Å². The van der Waals surface area contributed by atoms with Crippen LogP contribution in [0, 0.1) is 6.92 Å². The lowest BCUT2D eigenvalue weighted by Crippen LogP contribution is -2.07. The summed E-state index contributed by atoms with van der Waals surface area (Å²) in [6.07, 6.45) is 1.81. The van der Waals surface area contributed by atoms with Gasteiger partial charge in [0, 0.05) is 21.6 Å². The Labute approximate surface area is 95.5 Å². The fourth-order valence-electron chi connectivity index (χ4n) is 1.75. The fraction of sp³-hybridized carbons (Fsp3) is 0.182. The van der Waals surface area contributed by atoms with Gasteiger partial charge in [0.2, 0.25) is 0 Å². The number of carbonyl (C=O) groups is 1. The average molecular weight is 268 g/mol. The van der Waals surface area contributed by atoms with E-state index in [2.05, 4.69) is 15.9 Å². The van der Waals surface area contributed by atoms with Gasteiger partial charge in [-0.15, -0.1) is 0 Å². The van der Waals surface area contributed by atoms with Crippen LogP contribution in [-0.4, -0.2) is 15.6 Å². The summed E-state index contributed by atoms with van der Waals surface area (Å²) in [5.74, 6) is -0.832. The molecule has 0 radical (unpaired) electrons. The summed E-state index contributed by atoms with van der Waals surface area (Å²) < 4.78 is 2.67. The smallest absolute Gasteiger partial charge is 0.323 e. The van der Waals surface area contributed by atoms with E-state index in [1.807, 2.05) is 31.3 Å². The number of carboxylic acids is 1. The van der Waals surface area contributed by atoms with Crippen molar-refractivity contribution in [3.8, 4) is 0 Å². The zero-order valence-electron chi connectivity index (χ0n) is 8.20. The van der Waals surface area contributed by atoms with E-state index >= 15 is 0 Å². The first kappa shape index (κ1) is 10.2. The molecule has 15 heavy (non-hydrogen) atoms. The van der Waals surface area contributed by atoms with Gasteiger partial charge in [0.1, 0.15) is 6.54 Å². The second-order valence-electron chi connectivity index (χ2n) is 3.47. The molecule has 78 valence electrons. The highest BCUT2D eigenvalue weighted by atomic mass is 79.9. The molecule has 1 N–H and O–H groups in total. The van der Waals surface area contributed by atoms with E-state index in [0.717, 1.165) is 20.9 Å². The molecule has 1 aromatic carbocycles. The largest absolute Gasteiger partial charge is 0.480 e. The first-order valence-corrected chi connectivity index (χ1v) is 5.34. The van der Waals surface area contributed by atoms with Crippen molar-refractivity contribution in [3.05, 3.63) is 34.4 Å². The highest BCUT2D eigenvalue weighted by Gasteiger charge is 2.09. The molecular formula is C11H10BrNO2. The lowest BCUT2D eigenvalue weighted by Gasteiger charge is -2.01. The molecule has 1 aromatic heterocycles. The molecule has 1 heterocycles. The molecule has 0 bridgehead atoms. The number of nitrogens with zero attached hydrogens (tertiary/aromatic N) is 1. The van der Waals surface area contributed by atoms with Gasteiger partial charge in [0.25, 0.3) is 0 Å². The molecular weight excluding hydrogens is 258 g/mol. The molecule has 2 aromatic rings. The number of aromatic nitrogens is 1. The first-order chi connectivity index (χ1) is 7.09. The Bertz CT molecular complexity index is 531. The number of aliphatic carboxylic acids is 1. The summed E-state index contributed by atoms with van der Waals surface area (Å²) in [5.41, 5.74) is 2.09. The molecule has 0 saturated heterocycles. The molecule has 4 heteroatoms. The maximum absolute atomic E-state index is 10.7. The van der Waals surface area contributed by atoms with E-state index in [1.165, 1.54) is 0 Å². The van der Waals surface area contributed by atoms with E-state index < -0.39 is 5.97 Å². The molecule has 0 saturated carbocycles. The Kier molecular flexibility index (Phi) is 2.52. The summed E-state index contributed by atoms with van der Waals surface area (Å²) in [6, 6.07) is 5.87. The third kappa shape index (κ3) is 1.77. The molecule has 0 spiro atoms. The van der Waals surface area contributed by atoms with Crippen LogP contribution in [0.4, 0.5) is 0 Å². The van der Waals surface area contributed by atoms with Crippen LogP contribution in [-0.2, 0) is 11.3 Å². The molecule has 0 atom stereocenters. The number of aryl methyl sites for hydroxylation is 1. The van der Waals surface area contributed by atoms with Crippen molar-refractivity contribution < 1.29 is 9.90 Å². The first-order valence-electron chi connectivity index (χ1n) is 4.55. The maximum atomic E-state index is 10.7. The summed E-state index contributed by atoms with van der Waals surface area (Å²) in [6.45, 7) is 2.00. The minimum absolute atomic E-state index is 0.00838. The molecule has 0 aliphatic heterocycles. The SMILES string of the molecule is Cc1cccc2c1c(Br)cn2CC(=O)O. The Morgan fingerprint density at radius 2 is 2.27 bits per heavy atom. The van der Waals surface area contributed by atoms with Crippen LogP contribution in [0.2, 0.25) is 0 Å². The van der Waals surface area contributed by atoms with Crippen LogP contribution < -0.4 is 0 Å². The topological polar surface area (TPSA) is 42.2 Å². The molecule has 0 fully saturated rings. The van der Waals surface area contributed by atoms with Gasteiger partial charge in [-0.25, -0.2) is 0 Å². The second-order valence-corrected chi connectivity index (χ2v) is 4.32. The van der Waals surface area contributed by atoms with Gasteiger partial charge < -0.3 is 9.67 Å². The van der Waals surface area contributed by atoms with Crippen LogP contribution in [0.1, 0.15) is 5.56 Å². The summed E-state index contributed by atoms with van der Waals surface area (Å²) in [5, 5.41) is 9.85. The van der Waals surface area contributed by atoms with E-state index in [4.69, 9.17) is 5.11 Å². The van der Waals surface area contributed by atoms with Gasteiger partial charge in [0.15, 0.2) is 0 Å². The van der Waals surface area contributed by atoms with Gasteiger partial charge in [-0.1, -0.05) is 12.1 Å². The Morgan fingerprint density at radius 1 is 1.53 bits per heavy atom. The number of rotatable bonds is 2. The summed E-state index contributed by atoms with van der Waals surface area (Å²) in [4.78, 5) is 10.7. The van der Waals surface area contributed by atoms with Gasteiger partial charge in [-0.05, 0) is 34.5 Å². The number of benzene rings is 1. The number of fused-ring (bicyclic) bond motifs is 1. The van der Waals surface area contributed by atoms with E-state index in [1.54, 1.807) is 4.57 Å². The van der Waals surface area contributed by atoms with Crippen molar-refractivity contribution in [2.45, 2.75) is 13.5 Å². The molecule has 0 aliphatic rings. The van der Waals surface area contributed by atoms with Gasteiger partial charge in [0.05, 0.1) is 0 Å². The minimum atomic E-state index is -0.832. The van der Waals surface area contributed by atoms with Crippen LogP contribution in [0.5, 0.6) is 0 Å². The Morgan fingerprint density at radius 3 is 2.93 bits per heavy atom. The van der Waals surface area contributed by atoms with Crippen LogP contribution >= 0.6 is 15.9 Å². The van der Waals surface area contributed by atoms with Crippen LogP contribution in [0.3, 0.4) is 0 Å². The third-order valence-electron chi connectivity index (χ3n) is 2.37. The van der Waals surface area contributed by atoms with Crippen molar-refractivity contribution in [1.82, 2.24) is 4.57 Å². The number of hydrogen-bond acceptors (Lipinski definition) is 1. The lowest BCUT2D eigenvalue weighted by atomic mass is 10.1. The lowest BCUT2D eigenvalue weighted by molar-refractivity contribution is -0.137. The highest BCUT2D eigenvalue weighted by Crippen LogP contribution is 2.28. The van der Waals surface area contributed by atoms with Crippen molar-refractivity contribution in [3.63, 3.8) is 0 Å². The Hall–Kier alpha value is -1.29. The number of halogens is 1. The second kappa shape index (κ2) is 3.70. The van der Waals surface area contributed by atoms with E-state index in [-0.39, 0.29) is 6.54 Å². The van der Waals surface area contributed by atoms with E-state index in [0.29, 0.717) is 0 Å². The molecule has 3 nitrogen and oxygen atoms in total. The molecule has 0 amide bonds. The predicted molar refractivity (Wildman–Crippen MR) is 62.0 cm³/mol. The highest BCUT2D eigenvalue weighted by molar-refractivity contribution is 9.10. The van der Waals surface area contributed by atoms with Crippen molar-refractivity contribution >= 4 is 32.8 Å². The van der Waals surface area contributed by atoms with Crippen LogP contribution in [0.25, 0.3) is 10.9 Å². The number of hydrogen-bond donors (Lipinski definition) is 1. The summed E-state index contributed by atoms with van der Waals surface area (Å²) in [7, 11) is 0. The molecule has 0 unspecified atom stereocenters. The summed E-state index contributed by atoms with van der Waals surface area (Å²) >= 11 is 3.44.